The van der Waals surface area contributed by atoms with Gasteiger partial charge in [0.1, 0.15) is 0 Å². The average Bonchev–Trinajstić information content (AvgIpc) is 3.05. The summed E-state index contributed by atoms with van der Waals surface area (Å²) in [5, 5.41) is 3.03. The van der Waals surface area contributed by atoms with Crippen LogP contribution in [0.3, 0.4) is 0 Å². The van der Waals surface area contributed by atoms with Crippen molar-refractivity contribution >= 4 is 15.9 Å². The van der Waals surface area contributed by atoms with E-state index >= 15 is 0 Å². The van der Waals surface area contributed by atoms with Gasteiger partial charge in [-0.1, -0.05) is 0 Å². The summed E-state index contributed by atoms with van der Waals surface area (Å²) >= 11 is 0. The Bertz CT molecular complexity index is 909. The van der Waals surface area contributed by atoms with Crippen LogP contribution in [0.25, 0.3) is 0 Å². The van der Waals surface area contributed by atoms with Crippen LogP contribution in [0, 0.1) is 5.92 Å². The Morgan fingerprint density at radius 2 is 1.97 bits per heavy atom. The Morgan fingerprint density at radius 1 is 1.21 bits per heavy atom. The molecule has 1 aromatic rings. The summed E-state index contributed by atoms with van der Waals surface area (Å²) < 4.78 is 47.5. The van der Waals surface area contributed by atoms with Crippen molar-refractivity contribution in [1.82, 2.24) is 14.9 Å². The van der Waals surface area contributed by atoms with E-state index < -0.39 is 10.0 Å². The van der Waals surface area contributed by atoms with E-state index in [4.69, 9.17) is 18.9 Å². The molecule has 33 heavy (non-hydrogen) atoms. The summed E-state index contributed by atoms with van der Waals surface area (Å²) in [7, 11) is 0.0830. The van der Waals surface area contributed by atoms with Crippen LogP contribution >= 0.6 is 0 Å². The molecule has 0 aliphatic carbocycles. The maximum Gasteiger partial charge on any atom is 0.255 e. The smallest absolute Gasteiger partial charge is 0.255 e. The van der Waals surface area contributed by atoms with Gasteiger partial charge in [-0.15, -0.1) is 0 Å². The van der Waals surface area contributed by atoms with Gasteiger partial charge in [-0.05, 0) is 38.1 Å². The molecule has 0 saturated carbocycles. The zero-order chi connectivity index (χ0) is 23.8. The maximum atomic E-state index is 13.0. The second-order valence-corrected chi connectivity index (χ2v) is 10.2. The van der Waals surface area contributed by atoms with Crippen LogP contribution in [-0.2, 0) is 14.8 Å². The van der Waals surface area contributed by atoms with Gasteiger partial charge in [-0.25, -0.2) is 13.1 Å². The van der Waals surface area contributed by atoms with Crippen LogP contribution in [0.4, 0.5) is 0 Å². The number of benzene rings is 1. The van der Waals surface area contributed by atoms with E-state index in [2.05, 4.69) is 14.9 Å². The number of methoxy groups -OCH3 is 2. The highest BCUT2D eigenvalue weighted by Crippen LogP contribution is 2.41. The van der Waals surface area contributed by atoms with E-state index in [1.165, 1.54) is 0 Å². The predicted molar refractivity (Wildman–Crippen MR) is 124 cm³/mol. The third-order valence-corrected chi connectivity index (χ3v) is 6.67. The molecule has 1 saturated heterocycles. The minimum absolute atomic E-state index is 0.0190. The lowest BCUT2D eigenvalue weighted by atomic mass is 9.93. The first-order valence-corrected chi connectivity index (χ1v) is 13.2. The Labute approximate surface area is 195 Å². The van der Waals surface area contributed by atoms with E-state index in [1.807, 2.05) is 0 Å². The zero-order valence-electron chi connectivity index (χ0n) is 19.6. The molecule has 0 unspecified atom stereocenters. The molecule has 0 spiro atoms. The van der Waals surface area contributed by atoms with Crippen molar-refractivity contribution in [3.05, 3.63) is 17.7 Å². The fraction of sp³-hybridized carbons (Fsp3) is 0.682. The minimum atomic E-state index is -3.16. The molecule has 2 aliphatic heterocycles. The van der Waals surface area contributed by atoms with Gasteiger partial charge in [0.2, 0.25) is 15.8 Å². The number of ether oxygens (including phenoxy) is 4. The molecule has 0 aromatic heterocycles. The second kappa shape index (κ2) is 11.9. The summed E-state index contributed by atoms with van der Waals surface area (Å²) in [5.74, 6) is 1.39. The van der Waals surface area contributed by atoms with Crippen molar-refractivity contribution in [1.29, 1.82) is 0 Å². The van der Waals surface area contributed by atoms with Gasteiger partial charge in [0, 0.05) is 39.1 Å². The van der Waals surface area contributed by atoms with Crippen molar-refractivity contribution in [2.24, 2.45) is 5.92 Å². The number of fused-ring (bicyclic) bond motifs is 1. The van der Waals surface area contributed by atoms with Crippen LogP contribution < -0.4 is 24.2 Å². The molecule has 1 aromatic carbocycles. The standard InChI is InChI=1S/C22H35N3O7S/c1-29-18-7-6-17(20-21(18)32-13-5-12-31-20)22(26)23-14-16-8-11-25(15-19(16)30-2)10-4-9-24-33(3,27)28/h6-7,16,19,24H,4-5,8-15H2,1-3H3,(H,23,26)/t16-,19+/m0/s1. The van der Waals surface area contributed by atoms with E-state index in [-0.39, 0.29) is 17.9 Å². The van der Waals surface area contributed by atoms with Gasteiger partial charge in [0.25, 0.3) is 5.91 Å². The minimum Gasteiger partial charge on any atom is -0.493 e. The zero-order valence-corrected chi connectivity index (χ0v) is 20.4. The van der Waals surface area contributed by atoms with Crippen molar-refractivity contribution in [2.75, 3.05) is 66.4 Å². The maximum absolute atomic E-state index is 13.0. The first-order chi connectivity index (χ1) is 15.8. The second-order valence-electron chi connectivity index (χ2n) is 8.38. The Morgan fingerprint density at radius 3 is 2.67 bits per heavy atom. The molecule has 186 valence electrons. The first-order valence-electron chi connectivity index (χ1n) is 11.3. The summed E-state index contributed by atoms with van der Waals surface area (Å²) in [5.41, 5.74) is 0.428. The number of sulfonamides is 1. The summed E-state index contributed by atoms with van der Waals surface area (Å²) in [6, 6.07) is 3.42. The fourth-order valence-corrected chi connectivity index (χ4v) is 4.70. The summed E-state index contributed by atoms with van der Waals surface area (Å²) in [6.07, 6.45) is 3.48. The molecule has 10 nitrogen and oxygen atoms in total. The monoisotopic (exact) mass is 485 g/mol. The molecule has 1 fully saturated rings. The number of hydrogen-bond acceptors (Lipinski definition) is 8. The summed E-state index contributed by atoms with van der Waals surface area (Å²) in [4.78, 5) is 15.3. The van der Waals surface area contributed by atoms with Gasteiger partial charge in [-0.3, -0.25) is 4.79 Å². The SMILES string of the molecule is COc1ccc(C(=O)NC[C@@H]2CCN(CCCNS(C)(=O)=O)C[C@H]2OC)c2c1OCCCO2. The molecular formula is C22H35N3O7S. The highest BCUT2D eigenvalue weighted by Gasteiger charge is 2.30. The number of carbonyl (C=O) groups excluding carboxylic acids is 1. The molecule has 2 atom stereocenters. The van der Waals surface area contributed by atoms with Crippen molar-refractivity contribution in [3.8, 4) is 17.2 Å². The molecule has 0 bridgehead atoms. The number of carbonyl (C=O) groups is 1. The number of likely N-dealkylation sites (tertiary alicyclic amines) is 1. The van der Waals surface area contributed by atoms with Gasteiger partial charge in [-0.2, -0.15) is 0 Å². The van der Waals surface area contributed by atoms with Crippen LogP contribution in [0.15, 0.2) is 12.1 Å². The third-order valence-electron chi connectivity index (χ3n) is 5.95. The largest absolute Gasteiger partial charge is 0.493 e. The predicted octanol–water partition coefficient (Wildman–Crippen LogP) is 0.863. The number of rotatable bonds is 10. The third kappa shape index (κ3) is 7.20. The molecule has 1 amide bonds. The molecule has 0 radical (unpaired) electrons. The first kappa shape index (κ1) is 25.5. The van der Waals surface area contributed by atoms with Crippen LogP contribution in [0.2, 0.25) is 0 Å². The molecule has 2 N–H and O–H groups in total. The average molecular weight is 486 g/mol. The number of amides is 1. The van der Waals surface area contributed by atoms with E-state index in [9.17, 15) is 13.2 Å². The summed E-state index contributed by atoms with van der Waals surface area (Å²) in [6.45, 7) is 4.29. The van der Waals surface area contributed by atoms with Gasteiger partial charge < -0.3 is 29.2 Å². The molecule has 11 heteroatoms. The van der Waals surface area contributed by atoms with E-state index in [0.29, 0.717) is 49.1 Å². The van der Waals surface area contributed by atoms with E-state index in [0.717, 1.165) is 45.2 Å². The number of nitrogens with zero attached hydrogens (tertiary/aromatic N) is 1. The topological polar surface area (TPSA) is 115 Å². The van der Waals surface area contributed by atoms with Crippen molar-refractivity contribution < 1.29 is 32.2 Å². The number of nitrogens with one attached hydrogen (secondary N) is 2. The number of hydrogen-bond donors (Lipinski definition) is 2. The van der Waals surface area contributed by atoms with Crippen molar-refractivity contribution in [3.63, 3.8) is 0 Å². The highest BCUT2D eigenvalue weighted by atomic mass is 32.2. The lowest BCUT2D eigenvalue weighted by molar-refractivity contribution is -0.0105. The Kier molecular flexibility index (Phi) is 9.19. The molecule has 3 rings (SSSR count). The van der Waals surface area contributed by atoms with E-state index in [1.54, 1.807) is 26.4 Å². The molecular weight excluding hydrogens is 450 g/mol. The van der Waals surface area contributed by atoms with Gasteiger partial charge in [0.15, 0.2) is 11.5 Å². The van der Waals surface area contributed by atoms with Crippen LogP contribution in [-0.4, -0.2) is 91.7 Å². The quantitative estimate of drug-likeness (QED) is 0.469. The Hall–Kier alpha value is -2.08. The molecule has 2 aliphatic rings. The fourth-order valence-electron chi connectivity index (χ4n) is 4.18. The molecule has 2 heterocycles. The van der Waals surface area contributed by atoms with Crippen molar-refractivity contribution in [2.45, 2.75) is 25.4 Å². The van der Waals surface area contributed by atoms with Crippen LogP contribution in [0.1, 0.15) is 29.6 Å². The Balaban J connectivity index is 1.54. The lowest BCUT2D eigenvalue weighted by Gasteiger charge is -2.38. The normalized spacial score (nSPS) is 21.3. The van der Waals surface area contributed by atoms with Crippen LogP contribution in [0.5, 0.6) is 17.2 Å². The van der Waals surface area contributed by atoms with Gasteiger partial charge >= 0.3 is 0 Å². The van der Waals surface area contributed by atoms with Gasteiger partial charge in [0.05, 0.1) is 38.2 Å². The number of piperidine rings is 1. The highest BCUT2D eigenvalue weighted by molar-refractivity contribution is 7.88. The lowest BCUT2D eigenvalue weighted by Crippen LogP contribution is -2.49.